The van der Waals surface area contributed by atoms with Gasteiger partial charge in [0.2, 0.25) is 10.0 Å². The summed E-state index contributed by atoms with van der Waals surface area (Å²) in [6.07, 6.45) is -0.984. The molecule has 0 spiro atoms. The van der Waals surface area contributed by atoms with Gasteiger partial charge in [-0.15, -0.1) is 0 Å². The molecule has 8 nitrogen and oxygen atoms in total. The van der Waals surface area contributed by atoms with Crippen LogP contribution in [0.15, 0.2) is 64.0 Å². The average Bonchev–Trinajstić information content (AvgIpc) is 3.41. The highest BCUT2D eigenvalue weighted by atomic mass is 32.2. The molecule has 2 heterocycles. The van der Waals surface area contributed by atoms with Gasteiger partial charge >= 0.3 is 5.97 Å². The molecule has 1 N–H and O–H groups in total. The van der Waals surface area contributed by atoms with Crippen LogP contribution in [0.1, 0.15) is 23.2 Å². The van der Waals surface area contributed by atoms with Crippen molar-refractivity contribution in [2.45, 2.75) is 43.9 Å². The minimum atomic E-state index is -3.98. The van der Waals surface area contributed by atoms with E-state index < -0.39 is 28.1 Å². The van der Waals surface area contributed by atoms with Crippen molar-refractivity contribution in [2.24, 2.45) is 0 Å². The Bertz CT molecular complexity index is 1220. The number of aryl methyl sites for hydroxylation is 2. The molecule has 1 fully saturated rings. The van der Waals surface area contributed by atoms with Crippen LogP contribution in [0.2, 0.25) is 0 Å². The van der Waals surface area contributed by atoms with Crippen molar-refractivity contribution in [1.29, 1.82) is 0 Å². The Kier molecular flexibility index (Phi) is 6.14. The molecule has 1 aliphatic heterocycles. The third kappa shape index (κ3) is 4.45. The van der Waals surface area contributed by atoms with Gasteiger partial charge < -0.3 is 14.4 Å². The van der Waals surface area contributed by atoms with E-state index in [0.717, 1.165) is 21.0 Å². The molecule has 4 rings (SSSR count). The Hall–Kier alpha value is -3.01. The molecule has 0 unspecified atom stereocenters. The number of sulfonamides is 1. The number of carbonyl (C=O) groups excluding carboxylic acids is 1. The zero-order valence-corrected chi connectivity index (χ0v) is 18.6. The van der Waals surface area contributed by atoms with E-state index in [1.165, 1.54) is 6.07 Å². The highest BCUT2D eigenvalue weighted by Gasteiger charge is 2.44. The van der Waals surface area contributed by atoms with Gasteiger partial charge in [0.1, 0.15) is 18.3 Å². The van der Waals surface area contributed by atoms with Crippen molar-refractivity contribution in [3.8, 4) is 11.3 Å². The highest BCUT2D eigenvalue weighted by Crippen LogP contribution is 2.28. The fourth-order valence-corrected chi connectivity index (χ4v) is 5.35. The van der Waals surface area contributed by atoms with E-state index in [4.69, 9.17) is 9.26 Å². The van der Waals surface area contributed by atoms with E-state index in [1.54, 1.807) is 18.2 Å². The van der Waals surface area contributed by atoms with E-state index in [0.29, 0.717) is 11.5 Å². The molecule has 0 aliphatic carbocycles. The first-order valence-electron chi connectivity index (χ1n) is 10.2. The second-order valence-corrected chi connectivity index (χ2v) is 9.77. The summed E-state index contributed by atoms with van der Waals surface area (Å²) in [5.74, 6) is -0.204. The van der Waals surface area contributed by atoms with Crippen molar-refractivity contribution < 1.29 is 27.6 Å². The Labute approximate surface area is 186 Å². The number of rotatable bonds is 6. The number of aliphatic hydroxyl groups is 1. The van der Waals surface area contributed by atoms with E-state index in [9.17, 15) is 18.3 Å². The fourth-order valence-electron chi connectivity index (χ4n) is 3.63. The van der Waals surface area contributed by atoms with Gasteiger partial charge in [-0.25, -0.2) is 8.42 Å². The van der Waals surface area contributed by atoms with Gasteiger partial charge in [0.25, 0.3) is 0 Å². The van der Waals surface area contributed by atoms with Gasteiger partial charge in [-0.05, 0) is 37.1 Å². The van der Waals surface area contributed by atoms with Crippen LogP contribution in [-0.2, 0) is 26.2 Å². The number of ether oxygens (including phenoxy) is 1. The molecule has 32 heavy (non-hydrogen) atoms. The normalized spacial score (nSPS) is 19.2. The largest absolute Gasteiger partial charge is 0.458 e. The fraction of sp³-hybridized carbons (Fsp3) is 0.304. The zero-order valence-electron chi connectivity index (χ0n) is 17.8. The standard InChI is InChI=1S/C23H24N2O6S/c1-15-8-9-20(10-16(15)2)32(28,29)25-13-19(26)12-21(25)23(27)30-14-18-11-22(31-24-18)17-6-4-3-5-7-17/h3-11,19,21,26H,12-14H2,1-2H3/t19-,21+/m1/s1. The van der Waals surface area contributed by atoms with Gasteiger partial charge in [-0.1, -0.05) is 41.6 Å². The molecule has 9 heteroatoms. The van der Waals surface area contributed by atoms with Gasteiger partial charge in [0.15, 0.2) is 5.76 Å². The number of nitrogens with zero attached hydrogens (tertiary/aromatic N) is 2. The minimum Gasteiger partial charge on any atom is -0.458 e. The van der Waals surface area contributed by atoms with Gasteiger partial charge in [-0.3, -0.25) is 4.79 Å². The number of aliphatic hydroxyl groups excluding tert-OH is 1. The molecule has 0 saturated carbocycles. The monoisotopic (exact) mass is 456 g/mol. The molecule has 1 saturated heterocycles. The van der Waals surface area contributed by atoms with Crippen LogP contribution in [0.5, 0.6) is 0 Å². The predicted molar refractivity (Wildman–Crippen MR) is 116 cm³/mol. The van der Waals surface area contributed by atoms with Crippen LogP contribution >= 0.6 is 0 Å². The first-order valence-corrected chi connectivity index (χ1v) is 11.6. The van der Waals surface area contributed by atoms with E-state index in [-0.39, 0.29) is 24.5 Å². The van der Waals surface area contributed by atoms with Crippen molar-refractivity contribution in [3.05, 3.63) is 71.4 Å². The Morgan fingerprint density at radius 1 is 1.16 bits per heavy atom. The minimum absolute atomic E-state index is 0.0308. The summed E-state index contributed by atoms with van der Waals surface area (Å²) < 4.78 is 38.0. The quantitative estimate of drug-likeness (QED) is 0.568. The van der Waals surface area contributed by atoms with Crippen LogP contribution in [0.4, 0.5) is 0 Å². The summed E-state index contributed by atoms with van der Waals surface area (Å²) in [7, 11) is -3.98. The SMILES string of the molecule is Cc1ccc(S(=O)(=O)N2C[C@H](O)C[C@H]2C(=O)OCc2cc(-c3ccccc3)on2)cc1C. The number of β-amino-alcohol motifs (C(OH)–C–C–N with tert-alkyl or cyclic N) is 1. The Morgan fingerprint density at radius 3 is 2.62 bits per heavy atom. The summed E-state index contributed by atoms with van der Waals surface area (Å²) in [5.41, 5.74) is 3.02. The summed E-state index contributed by atoms with van der Waals surface area (Å²) in [6.45, 7) is 3.37. The molecule has 0 bridgehead atoms. The number of benzene rings is 2. The predicted octanol–water partition coefficient (Wildman–Crippen LogP) is 2.83. The smallest absolute Gasteiger partial charge is 0.324 e. The second kappa shape index (κ2) is 8.85. The topological polar surface area (TPSA) is 110 Å². The molecule has 0 amide bonds. The zero-order chi connectivity index (χ0) is 22.9. The number of carbonyl (C=O) groups is 1. The summed E-state index contributed by atoms with van der Waals surface area (Å²) >= 11 is 0. The molecule has 1 aliphatic rings. The van der Waals surface area contributed by atoms with Crippen molar-refractivity contribution in [2.75, 3.05) is 6.54 Å². The van der Waals surface area contributed by atoms with Gasteiger partial charge in [-0.2, -0.15) is 4.31 Å². The van der Waals surface area contributed by atoms with Crippen LogP contribution in [0.25, 0.3) is 11.3 Å². The first kappa shape index (κ1) is 22.2. The molecule has 1 aromatic heterocycles. The second-order valence-electron chi connectivity index (χ2n) is 7.88. The lowest BCUT2D eigenvalue weighted by molar-refractivity contribution is -0.149. The van der Waals surface area contributed by atoms with Gasteiger partial charge in [0.05, 0.1) is 11.0 Å². The highest BCUT2D eigenvalue weighted by molar-refractivity contribution is 7.89. The third-order valence-electron chi connectivity index (χ3n) is 5.57. The molecular formula is C23H24N2O6S. The lowest BCUT2D eigenvalue weighted by atomic mass is 10.1. The summed E-state index contributed by atoms with van der Waals surface area (Å²) in [5, 5.41) is 14.0. The van der Waals surface area contributed by atoms with E-state index in [2.05, 4.69) is 5.16 Å². The maximum absolute atomic E-state index is 13.2. The number of hydrogen-bond donors (Lipinski definition) is 1. The molecule has 3 aromatic rings. The van der Waals surface area contributed by atoms with E-state index in [1.807, 2.05) is 44.2 Å². The van der Waals surface area contributed by atoms with Crippen molar-refractivity contribution in [3.63, 3.8) is 0 Å². The molecule has 168 valence electrons. The van der Waals surface area contributed by atoms with Crippen molar-refractivity contribution >= 4 is 16.0 Å². The maximum atomic E-state index is 13.2. The Morgan fingerprint density at radius 2 is 1.91 bits per heavy atom. The van der Waals surface area contributed by atoms with Crippen molar-refractivity contribution in [1.82, 2.24) is 9.46 Å². The lowest BCUT2D eigenvalue weighted by Gasteiger charge is -2.22. The molecular weight excluding hydrogens is 432 g/mol. The number of esters is 1. The molecule has 2 atom stereocenters. The Balaban J connectivity index is 1.48. The maximum Gasteiger partial charge on any atom is 0.324 e. The molecule has 0 radical (unpaired) electrons. The summed E-state index contributed by atoms with van der Waals surface area (Å²) in [4.78, 5) is 12.8. The third-order valence-corrected chi connectivity index (χ3v) is 7.44. The summed E-state index contributed by atoms with van der Waals surface area (Å²) in [6, 6.07) is 14.7. The number of aromatic nitrogens is 1. The van der Waals surface area contributed by atoms with Gasteiger partial charge in [0, 0.05) is 24.6 Å². The lowest BCUT2D eigenvalue weighted by Crippen LogP contribution is -2.41. The van der Waals surface area contributed by atoms with Crippen LogP contribution in [0, 0.1) is 13.8 Å². The first-order chi connectivity index (χ1) is 15.3. The van der Waals surface area contributed by atoms with Crippen LogP contribution < -0.4 is 0 Å². The van der Waals surface area contributed by atoms with E-state index >= 15 is 0 Å². The average molecular weight is 457 g/mol. The molecule has 2 aromatic carbocycles. The van der Waals surface area contributed by atoms with Crippen LogP contribution in [0.3, 0.4) is 0 Å². The van der Waals surface area contributed by atoms with Crippen LogP contribution in [-0.4, -0.2) is 47.6 Å². The number of hydrogen-bond acceptors (Lipinski definition) is 7.